The summed E-state index contributed by atoms with van der Waals surface area (Å²) in [4.78, 5) is 13.1. The Balaban J connectivity index is 1.75. The third-order valence-electron chi connectivity index (χ3n) is 6.52. The van der Waals surface area contributed by atoms with Crippen LogP contribution in [-0.4, -0.2) is 11.6 Å². The lowest BCUT2D eigenvalue weighted by Gasteiger charge is -2.34. The van der Waals surface area contributed by atoms with E-state index in [1.807, 2.05) is 0 Å². The lowest BCUT2D eigenvalue weighted by molar-refractivity contribution is -0.171. The fourth-order valence-corrected chi connectivity index (χ4v) is 4.54. The van der Waals surface area contributed by atoms with Gasteiger partial charge in [-0.25, -0.2) is 0 Å². The second-order valence-electron chi connectivity index (χ2n) is 8.93. The Morgan fingerprint density at radius 2 is 1.74 bits per heavy atom. The SMILES string of the molecule is CCC(CC(C)(C)C(=O)OC1(CC)CCCC1)c1ccc2ccccc2c1. The third-order valence-corrected chi connectivity index (χ3v) is 6.52. The predicted molar refractivity (Wildman–Crippen MR) is 113 cm³/mol. The standard InChI is InChI=1S/C25H34O2/c1-5-19(22-14-13-20-11-7-8-12-21(20)17-22)18-24(3,4)23(26)27-25(6-2)15-9-10-16-25/h7-8,11-14,17,19H,5-6,9-10,15-16,18H2,1-4H3. The molecule has 1 aliphatic rings. The molecule has 0 bridgehead atoms. The van der Waals surface area contributed by atoms with Crippen molar-refractivity contribution in [3.8, 4) is 0 Å². The molecular weight excluding hydrogens is 332 g/mol. The number of carbonyl (C=O) groups excluding carboxylic acids is 1. The van der Waals surface area contributed by atoms with Crippen LogP contribution in [-0.2, 0) is 9.53 Å². The van der Waals surface area contributed by atoms with Gasteiger partial charge in [0.1, 0.15) is 5.60 Å². The molecule has 0 radical (unpaired) electrons. The lowest BCUT2D eigenvalue weighted by atomic mass is 9.78. The van der Waals surface area contributed by atoms with Gasteiger partial charge >= 0.3 is 5.97 Å². The fourth-order valence-electron chi connectivity index (χ4n) is 4.54. The Kier molecular flexibility index (Phi) is 5.93. The van der Waals surface area contributed by atoms with E-state index in [1.165, 1.54) is 29.2 Å². The van der Waals surface area contributed by atoms with Crippen molar-refractivity contribution in [3.05, 3.63) is 48.0 Å². The Morgan fingerprint density at radius 1 is 1.07 bits per heavy atom. The zero-order valence-electron chi connectivity index (χ0n) is 17.4. The van der Waals surface area contributed by atoms with Crippen LogP contribution < -0.4 is 0 Å². The van der Waals surface area contributed by atoms with Crippen molar-refractivity contribution in [1.29, 1.82) is 0 Å². The molecule has 0 aliphatic heterocycles. The first kappa shape index (κ1) is 19.9. The first-order valence-corrected chi connectivity index (χ1v) is 10.6. The van der Waals surface area contributed by atoms with E-state index in [0.29, 0.717) is 5.92 Å². The van der Waals surface area contributed by atoms with E-state index in [-0.39, 0.29) is 11.6 Å². The number of carbonyl (C=O) groups is 1. The largest absolute Gasteiger partial charge is 0.459 e. The van der Waals surface area contributed by atoms with Crippen LogP contribution in [0.4, 0.5) is 0 Å². The molecule has 0 N–H and O–H groups in total. The minimum Gasteiger partial charge on any atom is -0.459 e. The van der Waals surface area contributed by atoms with Crippen molar-refractivity contribution < 1.29 is 9.53 Å². The number of fused-ring (bicyclic) bond motifs is 1. The minimum atomic E-state index is -0.475. The molecule has 146 valence electrons. The minimum absolute atomic E-state index is 0.0227. The van der Waals surface area contributed by atoms with Gasteiger partial charge in [0.25, 0.3) is 0 Å². The van der Waals surface area contributed by atoms with Crippen molar-refractivity contribution in [2.24, 2.45) is 5.41 Å². The molecule has 2 nitrogen and oxygen atoms in total. The van der Waals surface area contributed by atoms with Gasteiger partial charge in [0, 0.05) is 0 Å². The highest BCUT2D eigenvalue weighted by Crippen LogP contribution is 2.41. The number of esters is 1. The maximum absolute atomic E-state index is 13.1. The summed E-state index contributed by atoms with van der Waals surface area (Å²) in [7, 11) is 0. The molecule has 27 heavy (non-hydrogen) atoms. The van der Waals surface area contributed by atoms with Crippen LogP contribution in [0.15, 0.2) is 42.5 Å². The summed E-state index contributed by atoms with van der Waals surface area (Å²) < 4.78 is 6.13. The monoisotopic (exact) mass is 366 g/mol. The van der Waals surface area contributed by atoms with Gasteiger partial charge in [-0.15, -0.1) is 0 Å². The Labute approximate surface area is 164 Å². The molecule has 0 saturated heterocycles. The van der Waals surface area contributed by atoms with Gasteiger partial charge in [0.05, 0.1) is 5.41 Å². The van der Waals surface area contributed by atoms with Crippen molar-refractivity contribution in [2.45, 2.75) is 84.2 Å². The van der Waals surface area contributed by atoms with Crippen molar-refractivity contribution in [3.63, 3.8) is 0 Å². The maximum Gasteiger partial charge on any atom is 0.312 e. The first-order valence-electron chi connectivity index (χ1n) is 10.6. The lowest BCUT2D eigenvalue weighted by Crippen LogP contribution is -2.38. The Bertz CT molecular complexity index is 784. The molecule has 1 unspecified atom stereocenters. The molecule has 0 aromatic heterocycles. The van der Waals surface area contributed by atoms with E-state index in [1.54, 1.807) is 0 Å². The summed E-state index contributed by atoms with van der Waals surface area (Å²) in [6.45, 7) is 8.47. The molecule has 1 atom stereocenters. The van der Waals surface area contributed by atoms with E-state index < -0.39 is 5.41 Å². The van der Waals surface area contributed by atoms with Gasteiger partial charge in [-0.2, -0.15) is 0 Å². The topological polar surface area (TPSA) is 26.3 Å². The predicted octanol–water partition coefficient (Wildman–Crippen LogP) is 7.02. The summed E-state index contributed by atoms with van der Waals surface area (Å²) >= 11 is 0. The third kappa shape index (κ3) is 4.36. The van der Waals surface area contributed by atoms with Crippen LogP contribution in [0.1, 0.15) is 84.1 Å². The average molecular weight is 367 g/mol. The van der Waals surface area contributed by atoms with E-state index in [0.717, 1.165) is 32.1 Å². The van der Waals surface area contributed by atoms with E-state index in [9.17, 15) is 4.79 Å². The molecule has 1 saturated carbocycles. The second kappa shape index (κ2) is 8.04. The highest BCUT2D eigenvalue weighted by Gasteiger charge is 2.41. The van der Waals surface area contributed by atoms with Crippen LogP contribution >= 0.6 is 0 Å². The summed E-state index contributed by atoms with van der Waals surface area (Å²) in [5, 5.41) is 2.53. The van der Waals surface area contributed by atoms with Crippen molar-refractivity contribution >= 4 is 16.7 Å². The molecule has 0 heterocycles. The number of rotatable bonds is 7. The number of hydrogen-bond donors (Lipinski definition) is 0. The average Bonchev–Trinajstić information content (AvgIpc) is 3.14. The van der Waals surface area contributed by atoms with E-state index in [2.05, 4.69) is 70.2 Å². The quantitative estimate of drug-likeness (QED) is 0.492. The van der Waals surface area contributed by atoms with Gasteiger partial charge in [-0.05, 0) is 81.0 Å². The molecule has 1 fully saturated rings. The van der Waals surface area contributed by atoms with Gasteiger partial charge in [0.2, 0.25) is 0 Å². The van der Waals surface area contributed by atoms with Crippen LogP contribution in [0.25, 0.3) is 10.8 Å². The van der Waals surface area contributed by atoms with Gasteiger partial charge < -0.3 is 4.74 Å². The summed E-state index contributed by atoms with van der Waals surface area (Å²) in [5.74, 6) is 0.337. The molecule has 1 aliphatic carbocycles. The van der Waals surface area contributed by atoms with Gasteiger partial charge in [0.15, 0.2) is 0 Å². The summed E-state index contributed by atoms with van der Waals surface area (Å²) in [5.41, 5.74) is 0.638. The molecular formula is C25H34O2. The van der Waals surface area contributed by atoms with E-state index >= 15 is 0 Å². The number of hydrogen-bond acceptors (Lipinski definition) is 2. The van der Waals surface area contributed by atoms with E-state index in [4.69, 9.17) is 4.74 Å². The highest BCUT2D eigenvalue weighted by molar-refractivity contribution is 5.83. The fraction of sp³-hybridized carbons (Fsp3) is 0.560. The smallest absolute Gasteiger partial charge is 0.312 e. The van der Waals surface area contributed by atoms with Crippen LogP contribution in [0.3, 0.4) is 0 Å². The normalized spacial score (nSPS) is 17.8. The Hall–Kier alpha value is -1.83. The zero-order valence-corrected chi connectivity index (χ0v) is 17.4. The van der Waals surface area contributed by atoms with Crippen molar-refractivity contribution in [1.82, 2.24) is 0 Å². The molecule has 3 rings (SSSR count). The Morgan fingerprint density at radius 3 is 2.37 bits per heavy atom. The molecule has 2 heteroatoms. The van der Waals surface area contributed by atoms with Crippen LogP contribution in [0.2, 0.25) is 0 Å². The van der Waals surface area contributed by atoms with Crippen LogP contribution in [0, 0.1) is 5.41 Å². The first-order chi connectivity index (χ1) is 12.9. The maximum atomic E-state index is 13.1. The summed E-state index contributed by atoms with van der Waals surface area (Å²) in [6.07, 6.45) is 7.16. The zero-order chi connectivity index (χ0) is 19.5. The van der Waals surface area contributed by atoms with Gasteiger partial charge in [-0.1, -0.05) is 56.3 Å². The van der Waals surface area contributed by atoms with Gasteiger partial charge in [-0.3, -0.25) is 4.79 Å². The molecule has 0 amide bonds. The second-order valence-corrected chi connectivity index (χ2v) is 8.93. The number of ether oxygens (including phenoxy) is 1. The van der Waals surface area contributed by atoms with Crippen LogP contribution in [0.5, 0.6) is 0 Å². The molecule has 0 spiro atoms. The summed E-state index contributed by atoms with van der Waals surface area (Å²) in [6, 6.07) is 15.2. The highest BCUT2D eigenvalue weighted by atomic mass is 16.6. The number of benzene rings is 2. The molecule has 2 aromatic rings. The van der Waals surface area contributed by atoms with Crippen molar-refractivity contribution in [2.75, 3.05) is 0 Å². The molecule has 2 aromatic carbocycles.